The van der Waals surface area contributed by atoms with Gasteiger partial charge in [0, 0.05) is 11.1 Å². The van der Waals surface area contributed by atoms with Crippen molar-refractivity contribution in [2.45, 2.75) is 26.6 Å². The molecule has 0 spiro atoms. The van der Waals surface area contributed by atoms with E-state index in [1.165, 1.54) is 5.56 Å². The Morgan fingerprint density at radius 3 is 3.00 bits per heavy atom. The topological polar surface area (TPSA) is 37.9 Å². The Bertz CT molecular complexity index is 359. The first-order valence-electron chi connectivity index (χ1n) is 4.00. The molecule has 3 nitrogen and oxygen atoms in total. The first-order chi connectivity index (χ1) is 5.83. The molecule has 0 aliphatic carbocycles. The fourth-order valence-electron chi connectivity index (χ4n) is 1.44. The van der Waals surface area contributed by atoms with Crippen LogP contribution in [0.4, 0.5) is 0 Å². The fraction of sp³-hybridized carbons (Fsp3) is 0.500. The molecule has 1 aliphatic rings. The lowest BCUT2D eigenvalue weighted by Crippen LogP contribution is -1.99. The fourth-order valence-corrected chi connectivity index (χ4v) is 1.66. The van der Waals surface area contributed by atoms with E-state index in [2.05, 4.69) is 17.1 Å². The summed E-state index contributed by atoms with van der Waals surface area (Å²) >= 11 is 5.09. The molecular formula is C8H10N2OS. The summed E-state index contributed by atoms with van der Waals surface area (Å²) in [6.45, 7) is 3.39. The van der Waals surface area contributed by atoms with Gasteiger partial charge in [0.15, 0.2) is 0 Å². The van der Waals surface area contributed by atoms with Crippen molar-refractivity contribution in [3.63, 3.8) is 0 Å². The van der Waals surface area contributed by atoms with E-state index in [1.54, 1.807) is 0 Å². The van der Waals surface area contributed by atoms with Crippen LogP contribution in [0.2, 0.25) is 0 Å². The summed E-state index contributed by atoms with van der Waals surface area (Å²) in [5, 5.41) is 7.00. The highest BCUT2D eigenvalue weighted by Gasteiger charge is 2.16. The van der Waals surface area contributed by atoms with E-state index < -0.39 is 0 Å². The van der Waals surface area contributed by atoms with Gasteiger partial charge < -0.3 is 4.74 Å². The average molecular weight is 182 g/mol. The van der Waals surface area contributed by atoms with Crippen LogP contribution >= 0.6 is 12.2 Å². The van der Waals surface area contributed by atoms with Gasteiger partial charge in [0.05, 0.1) is 18.9 Å². The number of H-pyrrole nitrogens is 1. The molecule has 1 aromatic heterocycles. The van der Waals surface area contributed by atoms with Crippen molar-refractivity contribution in [2.75, 3.05) is 0 Å². The zero-order chi connectivity index (χ0) is 8.55. The van der Waals surface area contributed by atoms with Crippen molar-refractivity contribution >= 4 is 12.2 Å². The normalized spacial score (nSPS) is 14.8. The summed E-state index contributed by atoms with van der Waals surface area (Å²) in [7, 11) is 0. The Kier molecular flexibility index (Phi) is 1.94. The van der Waals surface area contributed by atoms with Gasteiger partial charge >= 0.3 is 0 Å². The lowest BCUT2D eigenvalue weighted by atomic mass is 10.1. The molecule has 12 heavy (non-hydrogen) atoms. The van der Waals surface area contributed by atoms with E-state index in [9.17, 15) is 0 Å². The molecule has 0 saturated carbocycles. The van der Waals surface area contributed by atoms with Crippen LogP contribution < -0.4 is 0 Å². The van der Waals surface area contributed by atoms with Gasteiger partial charge in [-0.2, -0.15) is 5.10 Å². The molecule has 0 bridgehead atoms. The van der Waals surface area contributed by atoms with Crippen molar-refractivity contribution in [1.82, 2.24) is 10.2 Å². The Labute approximate surface area is 75.8 Å². The summed E-state index contributed by atoms with van der Waals surface area (Å²) in [5.74, 6) is 0. The van der Waals surface area contributed by atoms with Crippen molar-refractivity contribution in [2.24, 2.45) is 0 Å². The second-order valence-corrected chi connectivity index (χ2v) is 3.21. The van der Waals surface area contributed by atoms with Crippen LogP contribution in [-0.4, -0.2) is 10.2 Å². The Hall–Kier alpha value is -0.740. The first kappa shape index (κ1) is 7.89. The van der Waals surface area contributed by atoms with Crippen LogP contribution in [-0.2, 0) is 24.4 Å². The van der Waals surface area contributed by atoms with Crippen LogP contribution in [0.25, 0.3) is 0 Å². The van der Waals surface area contributed by atoms with Crippen LogP contribution in [0.15, 0.2) is 0 Å². The number of aromatic nitrogens is 2. The molecule has 0 saturated heterocycles. The molecular weight excluding hydrogens is 172 g/mol. The van der Waals surface area contributed by atoms with Crippen LogP contribution in [0.5, 0.6) is 0 Å². The summed E-state index contributed by atoms with van der Waals surface area (Å²) < 4.78 is 6.03. The van der Waals surface area contributed by atoms with Gasteiger partial charge in [0.2, 0.25) is 0 Å². The molecule has 1 N–H and O–H groups in total. The molecule has 4 heteroatoms. The Balaban J connectivity index is 2.64. The maximum Gasteiger partial charge on any atom is 0.125 e. The number of hydrogen-bond donors (Lipinski definition) is 1. The molecule has 0 fully saturated rings. The number of nitrogens with zero attached hydrogens (tertiary/aromatic N) is 1. The van der Waals surface area contributed by atoms with Crippen LogP contribution in [0.3, 0.4) is 0 Å². The summed E-state index contributed by atoms with van der Waals surface area (Å²) in [6, 6.07) is 0. The summed E-state index contributed by atoms with van der Waals surface area (Å²) in [6.07, 6.45) is 0.928. The molecule has 2 rings (SSSR count). The Morgan fingerprint density at radius 1 is 1.50 bits per heavy atom. The van der Waals surface area contributed by atoms with Gasteiger partial charge in [0.1, 0.15) is 4.64 Å². The van der Waals surface area contributed by atoms with E-state index in [0.717, 1.165) is 22.3 Å². The minimum atomic E-state index is 0.639. The van der Waals surface area contributed by atoms with Gasteiger partial charge in [-0.3, -0.25) is 5.10 Å². The lowest BCUT2D eigenvalue weighted by molar-refractivity contribution is 0.134. The number of hydrogen-bond acceptors (Lipinski definition) is 3. The number of ether oxygens (including phenoxy) is 1. The van der Waals surface area contributed by atoms with Crippen molar-refractivity contribution in [3.8, 4) is 0 Å². The number of aromatic amines is 1. The summed E-state index contributed by atoms with van der Waals surface area (Å²) in [4.78, 5) is 0. The van der Waals surface area contributed by atoms with E-state index >= 15 is 0 Å². The highest BCUT2D eigenvalue weighted by molar-refractivity contribution is 7.71. The number of fused-ring (bicyclic) bond motifs is 1. The highest BCUT2D eigenvalue weighted by atomic mass is 32.1. The SMILES string of the molecule is CCc1n[nH]c(=S)c2c1COC2. The molecule has 1 aliphatic heterocycles. The lowest BCUT2D eigenvalue weighted by Gasteiger charge is -2.01. The quantitative estimate of drug-likeness (QED) is 0.672. The minimum Gasteiger partial charge on any atom is -0.372 e. The van der Waals surface area contributed by atoms with E-state index in [4.69, 9.17) is 17.0 Å². The van der Waals surface area contributed by atoms with Crippen LogP contribution in [0, 0.1) is 4.64 Å². The van der Waals surface area contributed by atoms with Gasteiger partial charge in [-0.15, -0.1) is 0 Å². The number of nitrogens with one attached hydrogen (secondary N) is 1. The molecule has 0 radical (unpaired) electrons. The van der Waals surface area contributed by atoms with E-state index in [1.807, 2.05) is 0 Å². The average Bonchev–Trinajstić information content (AvgIpc) is 2.54. The maximum absolute atomic E-state index is 5.31. The zero-order valence-corrected chi connectivity index (χ0v) is 7.70. The highest BCUT2D eigenvalue weighted by Crippen LogP contribution is 2.22. The maximum atomic E-state index is 5.31. The largest absolute Gasteiger partial charge is 0.372 e. The molecule has 1 aromatic rings. The zero-order valence-electron chi connectivity index (χ0n) is 6.89. The second-order valence-electron chi connectivity index (χ2n) is 2.80. The third-order valence-electron chi connectivity index (χ3n) is 2.11. The van der Waals surface area contributed by atoms with Crippen LogP contribution in [0.1, 0.15) is 23.7 Å². The van der Waals surface area contributed by atoms with Gasteiger partial charge in [-0.1, -0.05) is 19.1 Å². The molecule has 0 unspecified atom stereocenters. The third-order valence-corrected chi connectivity index (χ3v) is 2.44. The summed E-state index contributed by atoms with van der Waals surface area (Å²) in [5.41, 5.74) is 3.40. The Morgan fingerprint density at radius 2 is 2.25 bits per heavy atom. The standard InChI is InChI=1S/C8H10N2OS/c1-2-7-5-3-11-4-6(5)8(12)10-9-7/h2-4H2,1H3,(H,10,12). The molecule has 2 heterocycles. The van der Waals surface area contributed by atoms with Crippen molar-refractivity contribution in [3.05, 3.63) is 21.5 Å². The third kappa shape index (κ3) is 1.07. The number of aryl methyl sites for hydroxylation is 1. The van der Waals surface area contributed by atoms with Gasteiger partial charge in [-0.25, -0.2) is 0 Å². The van der Waals surface area contributed by atoms with Crippen molar-refractivity contribution < 1.29 is 4.74 Å². The minimum absolute atomic E-state index is 0.639. The number of rotatable bonds is 1. The molecule has 0 aromatic carbocycles. The first-order valence-corrected chi connectivity index (χ1v) is 4.40. The molecule has 64 valence electrons. The second kappa shape index (κ2) is 2.95. The van der Waals surface area contributed by atoms with E-state index in [0.29, 0.717) is 13.2 Å². The predicted molar refractivity (Wildman–Crippen MR) is 47.3 cm³/mol. The molecule has 0 atom stereocenters. The van der Waals surface area contributed by atoms with Crippen molar-refractivity contribution in [1.29, 1.82) is 0 Å². The monoisotopic (exact) mass is 182 g/mol. The predicted octanol–water partition coefficient (Wildman–Crippen LogP) is 1.73. The smallest absolute Gasteiger partial charge is 0.125 e. The van der Waals surface area contributed by atoms with Gasteiger partial charge in [0.25, 0.3) is 0 Å². The van der Waals surface area contributed by atoms with Gasteiger partial charge in [-0.05, 0) is 6.42 Å². The molecule has 0 amide bonds. The van der Waals surface area contributed by atoms with E-state index in [-0.39, 0.29) is 0 Å².